The maximum atomic E-state index is 3.36. The summed E-state index contributed by atoms with van der Waals surface area (Å²) in [5.41, 5.74) is 2.54. The van der Waals surface area contributed by atoms with Crippen LogP contribution in [0.2, 0.25) is 0 Å². The van der Waals surface area contributed by atoms with E-state index in [1.54, 1.807) is 6.08 Å². The molecule has 0 radical (unpaired) electrons. The van der Waals surface area contributed by atoms with Crippen LogP contribution in [0.1, 0.15) is 20.8 Å². The summed E-state index contributed by atoms with van der Waals surface area (Å²) in [5, 5.41) is 10.6. The summed E-state index contributed by atoms with van der Waals surface area (Å²) in [5.74, 6) is 0. The van der Waals surface area contributed by atoms with Gasteiger partial charge in [0, 0.05) is 20.2 Å². The standard InChI is InChI=1S/C30H18S.C3H6.C2H6/c1-2-9-23-21(7-1)22-8-3-4-10-24(22)27-17-19(13-15-25(23)27)20-14-16-30-28(18-20)26-11-5-6-12-29(26)31-30;1-3-2;1-2/h1-18H;3H,1H2,2H3;1-2H3. The molecule has 0 fully saturated rings. The molecule has 176 valence electrons. The van der Waals surface area contributed by atoms with Crippen LogP contribution in [0.3, 0.4) is 0 Å². The van der Waals surface area contributed by atoms with Crippen LogP contribution < -0.4 is 0 Å². The predicted molar refractivity (Wildman–Crippen MR) is 165 cm³/mol. The Kier molecular flexibility index (Phi) is 6.84. The molecule has 0 aliphatic carbocycles. The molecule has 0 unspecified atom stereocenters. The Morgan fingerprint density at radius 3 is 1.44 bits per heavy atom. The lowest BCUT2D eigenvalue weighted by Gasteiger charge is -2.12. The minimum atomic E-state index is 1.27. The van der Waals surface area contributed by atoms with Crippen molar-refractivity contribution in [3.05, 3.63) is 122 Å². The molecule has 0 nitrogen and oxygen atoms in total. The van der Waals surface area contributed by atoms with Gasteiger partial charge in [0.2, 0.25) is 0 Å². The van der Waals surface area contributed by atoms with Crippen molar-refractivity contribution in [3.8, 4) is 11.1 Å². The van der Waals surface area contributed by atoms with Gasteiger partial charge >= 0.3 is 0 Å². The number of rotatable bonds is 1. The van der Waals surface area contributed by atoms with Gasteiger partial charge in [-0.2, -0.15) is 0 Å². The fourth-order valence-corrected chi connectivity index (χ4v) is 6.08. The first-order chi connectivity index (χ1) is 17.8. The monoisotopic (exact) mass is 482 g/mol. The third-order valence-corrected chi connectivity index (χ3v) is 7.61. The smallest absolute Gasteiger partial charge is 0.0355 e. The molecule has 0 spiro atoms. The van der Waals surface area contributed by atoms with E-state index in [1.165, 1.54) is 63.6 Å². The molecule has 1 heteroatoms. The van der Waals surface area contributed by atoms with E-state index in [2.05, 4.69) is 116 Å². The molecule has 0 atom stereocenters. The Morgan fingerprint density at radius 2 is 0.861 bits per heavy atom. The van der Waals surface area contributed by atoms with Gasteiger partial charge in [-0.05, 0) is 74.6 Å². The minimum Gasteiger partial charge on any atom is -0.135 e. The molecule has 0 aliphatic heterocycles. The Hall–Kier alpha value is -3.94. The zero-order chi connectivity index (χ0) is 25.1. The molecule has 36 heavy (non-hydrogen) atoms. The van der Waals surface area contributed by atoms with Crippen molar-refractivity contribution in [2.45, 2.75) is 20.8 Å². The van der Waals surface area contributed by atoms with Crippen molar-refractivity contribution in [2.24, 2.45) is 0 Å². The van der Waals surface area contributed by atoms with Gasteiger partial charge in [0.25, 0.3) is 0 Å². The molecule has 7 aromatic rings. The van der Waals surface area contributed by atoms with Crippen LogP contribution in [-0.4, -0.2) is 0 Å². The molecular weight excluding hydrogens is 452 g/mol. The van der Waals surface area contributed by atoms with Gasteiger partial charge in [0.15, 0.2) is 0 Å². The van der Waals surface area contributed by atoms with Gasteiger partial charge in [0.05, 0.1) is 0 Å². The number of allylic oxidation sites excluding steroid dienone is 1. The molecule has 0 bridgehead atoms. The van der Waals surface area contributed by atoms with Crippen molar-refractivity contribution in [2.75, 3.05) is 0 Å². The topological polar surface area (TPSA) is 0 Å². The molecule has 7 rings (SSSR count). The van der Waals surface area contributed by atoms with Crippen molar-refractivity contribution in [3.63, 3.8) is 0 Å². The highest BCUT2D eigenvalue weighted by Gasteiger charge is 2.11. The maximum absolute atomic E-state index is 3.36. The number of thiophene rings is 1. The van der Waals surface area contributed by atoms with Crippen LogP contribution >= 0.6 is 11.3 Å². The minimum absolute atomic E-state index is 1.27. The van der Waals surface area contributed by atoms with Gasteiger partial charge < -0.3 is 0 Å². The fraction of sp³-hybridized carbons (Fsp3) is 0.0857. The second-order valence-electron chi connectivity index (χ2n) is 8.57. The van der Waals surface area contributed by atoms with Crippen molar-refractivity contribution in [1.82, 2.24) is 0 Å². The van der Waals surface area contributed by atoms with E-state index < -0.39 is 0 Å². The van der Waals surface area contributed by atoms with Gasteiger partial charge in [-0.25, -0.2) is 0 Å². The highest BCUT2D eigenvalue weighted by Crippen LogP contribution is 2.39. The van der Waals surface area contributed by atoms with E-state index in [-0.39, 0.29) is 0 Å². The quantitative estimate of drug-likeness (QED) is 0.161. The SMILES string of the molecule is C=CC.CC.c1ccc2c(c1)sc1ccc(-c3ccc4c5ccccc5c5ccccc5c4c3)cc12. The highest BCUT2D eigenvalue weighted by molar-refractivity contribution is 7.25. The zero-order valence-corrected chi connectivity index (χ0v) is 21.9. The molecule has 6 aromatic carbocycles. The van der Waals surface area contributed by atoms with E-state index in [0.717, 1.165) is 0 Å². The molecular formula is C35H30S. The second-order valence-corrected chi connectivity index (χ2v) is 9.65. The number of benzene rings is 6. The number of fused-ring (bicyclic) bond motifs is 9. The van der Waals surface area contributed by atoms with Crippen molar-refractivity contribution in [1.29, 1.82) is 0 Å². The third-order valence-electron chi connectivity index (χ3n) is 6.45. The van der Waals surface area contributed by atoms with Crippen LogP contribution in [0, 0.1) is 0 Å². The molecule has 0 N–H and O–H groups in total. The Labute approximate surface area is 217 Å². The first-order valence-electron chi connectivity index (χ1n) is 12.6. The summed E-state index contributed by atoms with van der Waals surface area (Å²) in [6.45, 7) is 9.25. The predicted octanol–water partition coefficient (Wildman–Crippen LogP) is 11.4. The molecule has 1 aromatic heterocycles. The number of hydrogen-bond donors (Lipinski definition) is 0. The van der Waals surface area contributed by atoms with Gasteiger partial charge in [-0.1, -0.05) is 105 Å². The van der Waals surface area contributed by atoms with Crippen LogP contribution in [0.15, 0.2) is 122 Å². The summed E-state index contributed by atoms with van der Waals surface area (Å²) >= 11 is 1.87. The second kappa shape index (κ2) is 10.4. The van der Waals surface area contributed by atoms with Crippen LogP contribution in [0.5, 0.6) is 0 Å². The normalized spacial score (nSPS) is 10.8. The Balaban J connectivity index is 0.000000499. The summed E-state index contributed by atoms with van der Waals surface area (Å²) in [6.07, 6.45) is 1.75. The van der Waals surface area contributed by atoms with E-state index >= 15 is 0 Å². The van der Waals surface area contributed by atoms with Crippen LogP contribution in [-0.2, 0) is 0 Å². The number of hydrogen-bond acceptors (Lipinski definition) is 1. The molecule has 0 saturated heterocycles. The van der Waals surface area contributed by atoms with Gasteiger partial charge in [-0.15, -0.1) is 17.9 Å². The molecule has 0 aliphatic rings. The highest BCUT2D eigenvalue weighted by atomic mass is 32.1. The maximum Gasteiger partial charge on any atom is 0.0355 e. The summed E-state index contributed by atoms with van der Waals surface area (Å²) < 4.78 is 2.70. The van der Waals surface area contributed by atoms with Crippen molar-refractivity contribution >= 4 is 63.8 Å². The van der Waals surface area contributed by atoms with E-state index in [9.17, 15) is 0 Å². The first-order valence-corrected chi connectivity index (χ1v) is 13.4. The van der Waals surface area contributed by atoms with Gasteiger partial charge in [-0.3, -0.25) is 0 Å². The summed E-state index contributed by atoms with van der Waals surface area (Å²) in [4.78, 5) is 0. The Morgan fingerprint density at radius 1 is 0.472 bits per heavy atom. The van der Waals surface area contributed by atoms with E-state index in [0.29, 0.717) is 0 Å². The average Bonchev–Trinajstić information content (AvgIpc) is 3.32. The summed E-state index contributed by atoms with van der Waals surface area (Å²) in [6, 6.07) is 40.1. The molecule has 0 amide bonds. The third kappa shape index (κ3) is 4.06. The largest absolute Gasteiger partial charge is 0.135 e. The summed E-state index contributed by atoms with van der Waals surface area (Å²) in [7, 11) is 0. The average molecular weight is 483 g/mol. The first kappa shape index (κ1) is 23.8. The van der Waals surface area contributed by atoms with E-state index in [1.807, 2.05) is 32.1 Å². The molecule has 0 saturated carbocycles. The lowest BCUT2D eigenvalue weighted by atomic mass is 9.92. The Bertz CT molecular complexity index is 1800. The van der Waals surface area contributed by atoms with Crippen molar-refractivity contribution < 1.29 is 0 Å². The fourth-order valence-electron chi connectivity index (χ4n) is 4.99. The molecule has 1 heterocycles. The van der Waals surface area contributed by atoms with Crippen LogP contribution in [0.25, 0.3) is 63.6 Å². The van der Waals surface area contributed by atoms with Gasteiger partial charge in [0.1, 0.15) is 0 Å². The van der Waals surface area contributed by atoms with E-state index in [4.69, 9.17) is 0 Å². The lowest BCUT2D eigenvalue weighted by molar-refractivity contribution is 1.50. The van der Waals surface area contributed by atoms with Crippen LogP contribution in [0.4, 0.5) is 0 Å². The lowest BCUT2D eigenvalue weighted by Crippen LogP contribution is -1.85. The zero-order valence-electron chi connectivity index (χ0n) is 21.1.